The lowest BCUT2D eigenvalue weighted by molar-refractivity contribution is 0.0624. The molecule has 2 heterocycles. The third-order valence-electron chi connectivity index (χ3n) is 6.20. The Hall–Kier alpha value is -2.06. The Kier molecular flexibility index (Phi) is 5.81. The second-order valence-corrected chi connectivity index (χ2v) is 10.5. The summed E-state index contributed by atoms with van der Waals surface area (Å²) in [5, 5.41) is 0. The maximum Gasteiger partial charge on any atom is 0.242 e. The lowest BCUT2D eigenvalue weighted by Crippen LogP contribution is -2.20. The summed E-state index contributed by atoms with van der Waals surface area (Å²) in [6, 6.07) is 6.71. The lowest BCUT2D eigenvalue weighted by atomic mass is 9.84. The molecule has 0 N–H and O–H groups in total. The Labute approximate surface area is 176 Å². The highest BCUT2D eigenvalue weighted by molar-refractivity contribution is 7.90. The lowest BCUT2D eigenvalue weighted by Gasteiger charge is -2.27. The van der Waals surface area contributed by atoms with Crippen LogP contribution in [0.1, 0.15) is 59.9 Å². The van der Waals surface area contributed by atoms with Crippen molar-refractivity contribution >= 4 is 15.6 Å². The number of rotatable bonds is 7. The van der Waals surface area contributed by atoms with E-state index in [1.54, 1.807) is 35.9 Å². The van der Waals surface area contributed by atoms with Gasteiger partial charge in [0.1, 0.15) is 11.5 Å². The van der Waals surface area contributed by atoms with Crippen molar-refractivity contribution in [3.05, 3.63) is 47.3 Å². The number of nitrogens with zero attached hydrogens (tertiary/aromatic N) is 2. The van der Waals surface area contributed by atoms with Crippen LogP contribution in [0.2, 0.25) is 0 Å². The summed E-state index contributed by atoms with van der Waals surface area (Å²) in [7, 11) is -1.61. The smallest absolute Gasteiger partial charge is 0.242 e. The molecule has 0 spiro atoms. The molecule has 6 nitrogen and oxygen atoms in total. The summed E-state index contributed by atoms with van der Waals surface area (Å²) in [5.74, 6) is -0.316. The molecule has 0 amide bonds. The Bertz CT molecular complexity index is 1040. The molecule has 2 aromatic rings. The number of sulfone groups is 1. The van der Waals surface area contributed by atoms with Crippen molar-refractivity contribution in [3.8, 4) is 0 Å². The zero-order chi connectivity index (χ0) is 21.5. The van der Waals surface area contributed by atoms with E-state index in [0.717, 1.165) is 37.7 Å². The first-order valence-corrected chi connectivity index (χ1v) is 12.3. The molecule has 1 unspecified atom stereocenters. The van der Waals surface area contributed by atoms with Crippen LogP contribution in [-0.4, -0.2) is 43.2 Å². The van der Waals surface area contributed by atoms with Crippen LogP contribution >= 0.6 is 0 Å². The van der Waals surface area contributed by atoms with E-state index in [1.165, 1.54) is 6.26 Å². The van der Waals surface area contributed by atoms with Gasteiger partial charge in [-0.2, -0.15) is 4.39 Å². The number of hydrogen-bond acceptors (Lipinski definition) is 5. The number of Topliss-reactive ketones (excluding diaryl/α,β-unsaturated/α-hetero) is 1. The van der Waals surface area contributed by atoms with E-state index in [4.69, 9.17) is 4.74 Å². The van der Waals surface area contributed by atoms with Gasteiger partial charge in [0.05, 0.1) is 4.90 Å². The fourth-order valence-corrected chi connectivity index (χ4v) is 4.88. The van der Waals surface area contributed by atoms with E-state index in [1.807, 2.05) is 0 Å². The number of hydrogen-bond donors (Lipinski definition) is 0. The zero-order valence-corrected chi connectivity index (χ0v) is 18.1. The van der Waals surface area contributed by atoms with Gasteiger partial charge in [0.15, 0.2) is 15.6 Å². The van der Waals surface area contributed by atoms with Crippen molar-refractivity contribution in [1.29, 1.82) is 0 Å². The number of aromatic nitrogens is 2. The second-order valence-electron chi connectivity index (χ2n) is 8.49. The molecule has 1 atom stereocenters. The van der Waals surface area contributed by atoms with Crippen molar-refractivity contribution in [2.75, 3.05) is 19.5 Å². The van der Waals surface area contributed by atoms with Crippen molar-refractivity contribution in [1.82, 2.24) is 9.55 Å². The zero-order valence-electron chi connectivity index (χ0n) is 17.3. The monoisotopic (exact) mass is 434 g/mol. The Morgan fingerprint density at radius 3 is 2.40 bits per heavy atom. The van der Waals surface area contributed by atoms with Gasteiger partial charge >= 0.3 is 0 Å². The van der Waals surface area contributed by atoms with Crippen LogP contribution in [0.5, 0.6) is 0 Å². The average Bonchev–Trinajstić information content (AvgIpc) is 3.52. The standard InChI is InChI=1S/C22H27FN2O4S/c1-25-19(20(26)16-3-4-16)21(23)24-22(25)18(13-14-9-11-29-12-10-14)15-5-7-17(8-6-15)30(2,27)28/h5-8,14,16,18H,3-4,9-13H2,1-2H3. The number of carbonyl (C=O) groups excluding carboxylic acids is 1. The largest absolute Gasteiger partial charge is 0.381 e. The van der Waals surface area contributed by atoms with Gasteiger partial charge in [-0.25, -0.2) is 13.4 Å². The van der Waals surface area contributed by atoms with Gasteiger partial charge in [0.2, 0.25) is 5.95 Å². The summed E-state index contributed by atoms with van der Waals surface area (Å²) < 4.78 is 45.5. The van der Waals surface area contributed by atoms with E-state index in [9.17, 15) is 17.6 Å². The van der Waals surface area contributed by atoms with Crippen LogP contribution in [0.4, 0.5) is 4.39 Å². The Morgan fingerprint density at radius 1 is 1.20 bits per heavy atom. The van der Waals surface area contributed by atoms with Gasteiger partial charge in [-0.1, -0.05) is 12.1 Å². The summed E-state index contributed by atoms with van der Waals surface area (Å²) in [4.78, 5) is 17.0. The van der Waals surface area contributed by atoms with Crippen LogP contribution in [0.15, 0.2) is 29.2 Å². The molecule has 1 aromatic carbocycles. The minimum absolute atomic E-state index is 0.0530. The topological polar surface area (TPSA) is 78.3 Å². The van der Waals surface area contributed by atoms with Gasteiger partial charge < -0.3 is 9.30 Å². The minimum atomic E-state index is -3.30. The molecular weight excluding hydrogens is 407 g/mol. The molecule has 0 radical (unpaired) electrons. The molecule has 2 aliphatic rings. The second kappa shape index (κ2) is 8.23. The number of imidazole rings is 1. The molecule has 1 saturated carbocycles. The molecule has 2 fully saturated rings. The SMILES string of the molecule is Cn1c(C(CC2CCOCC2)c2ccc(S(C)(=O)=O)cc2)nc(F)c1C(=O)C1CC1. The van der Waals surface area contributed by atoms with Gasteiger partial charge in [-0.05, 0) is 55.7 Å². The number of halogens is 1. The third-order valence-corrected chi connectivity index (χ3v) is 7.33. The molecule has 4 rings (SSSR count). The summed E-state index contributed by atoms with van der Waals surface area (Å²) in [5.41, 5.74) is 0.921. The van der Waals surface area contributed by atoms with Gasteiger partial charge in [0, 0.05) is 38.4 Å². The molecule has 1 aromatic heterocycles. The summed E-state index contributed by atoms with van der Waals surface area (Å²) >= 11 is 0. The number of carbonyl (C=O) groups is 1. The number of ether oxygens (including phenoxy) is 1. The summed E-state index contributed by atoms with van der Waals surface area (Å²) in [6.07, 6.45) is 5.35. The highest BCUT2D eigenvalue weighted by Crippen LogP contribution is 2.37. The van der Waals surface area contributed by atoms with Crippen molar-refractivity contribution in [2.24, 2.45) is 18.9 Å². The Balaban J connectivity index is 1.72. The summed E-state index contributed by atoms with van der Waals surface area (Å²) in [6.45, 7) is 1.40. The van der Waals surface area contributed by atoms with Crippen LogP contribution in [0, 0.1) is 17.8 Å². The molecule has 162 valence electrons. The highest BCUT2D eigenvalue weighted by atomic mass is 32.2. The maximum absolute atomic E-state index is 14.7. The molecule has 1 aliphatic carbocycles. The molecule has 30 heavy (non-hydrogen) atoms. The molecule has 1 saturated heterocycles. The van der Waals surface area contributed by atoms with Gasteiger partial charge in [-0.15, -0.1) is 0 Å². The number of ketones is 1. The molecular formula is C22H27FN2O4S. The van der Waals surface area contributed by atoms with Gasteiger partial charge in [0.25, 0.3) is 0 Å². The third kappa shape index (κ3) is 4.34. The average molecular weight is 435 g/mol. The van der Waals surface area contributed by atoms with Crippen molar-refractivity contribution in [3.63, 3.8) is 0 Å². The van der Waals surface area contributed by atoms with Crippen LogP contribution in [0.3, 0.4) is 0 Å². The van der Waals surface area contributed by atoms with Crippen LogP contribution < -0.4 is 0 Å². The highest BCUT2D eigenvalue weighted by Gasteiger charge is 2.36. The fraction of sp³-hybridized carbons (Fsp3) is 0.545. The van der Waals surface area contributed by atoms with Crippen molar-refractivity contribution in [2.45, 2.75) is 42.9 Å². The Morgan fingerprint density at radius 2 is 1.83 bits per heavy atom. The quantitative estimate of drug-likeness (QED) is 0.623. The van der Waals surface area contributed by atoms with Crippen molar-refractivity contribution < 1.29 is 22.3 Å². The minimum Gasteiger partial charge on any atom is -0.381 e. The van der Waals surface area contributed by atoms with E-state index in [2.05, 4.69) is 4.98 Å². The van der Waals surface area contributed by atoms with Crippen LogP contribution in [0.25, 0.3) is 0 Å². The van der Waals surface area contributed by atoms with E-state index in [-0.39, 0.29) is 28.2 Å². The fourth-order valence-electron chi connectivity index (χ4n) is 4.25. The van der Waals surface area contributed by atoms with E-state index in [0.29, 0.717) is 25.0 Å². The van der Waals surface area contributed by atoms with E-state index < -0.39 is 15.8 Å². The predicted octanol–water partition coefficient (Wildman–Crippen LogP) is 3.50. The van der Waals surface area contributed by atoms with Crippen LogP contribution in [-0.2, 0) is 21.6 Å². The molecule has 0 bridgehead atoms. The predicted molar refractivity (Wildman–Crippen MR) is 110 cm³/mol. The maximum atomic E-state index is 14.7. The molecule has 1 aliphatic heterocycles. The first-order valence-electron chi connectivity index (χ1n) is 10.4. The van der Waals surface area contributed by atoms with Gasteiger partial charge in [-0.3, -0.25) is 4.79 Å². The normalized spacial score (nSPS) is 19.0. The first kappa shape index (κ1) is 21.2. The first-order chi connectivity index (χ1) is 14.3. The van der Waals surface area contributed by atoms with E-state index >= 15 is 0 Å². The molecule has 8 heteroatoms. The number of benzene rings is 1.